The Hall–Kier alpha value is -2.89. The van der Waals surface area contributed by atoms with Gasteiger partial charge in [-0.1, -0.05) is 0 Å². The van der Waals surface area contributed by atoms with E-state index in [0.29, 0.717) is 28.6 Å². The molecule has 25 heavy (non-hydrogen) atoms. The summed E-state index contributed by atoms with van der Waals surface area (Å²) in [5.74, 6) is 1.16. The molecule has 8 heteroatoms. The topological polar surface area (TPSA) is 98.8 Å². The summed E-state index contributed by atoms with van der Waals surface area (Å²) < 4.78 is 0. The highest BCUT2D eigenvalue weighted by Gasteiger charge is 2.21. The van der Waals surface area contributed by atoms with Crippen LogP contribution in [0.5, 0.6) is 0 Å². The maximum absolute atomic E-state index is 10.2. The van der Waals surface area contributed by atoms with Crippen LogP contribution in [0.15, 0.2) is 43.0 Å². The average Bonchev–Trinajstić information content (AvgIpc) is 3.08. The lowest BCUT2D eigenvalue weighted by molar-refractivity contribution is 0.0781. The van der Waals surface area contributed by atoms with Crippen LogP contribution in [0.2, 0.25) is 0 Å². The van der Waals surface area contributed by atoms with E-state index in [9.17, 15) is 5.11 Å². The van der Waals surface area contributed by atoms with E-state index in [1.54, 1.807) is 44.6 Å². The molecule has 0 unspecified atom stereocenters. The van der Waals surface area contributed by atoms with E-state index in [2.05, 4.69) is 26.2 Å². The monoisotopic (exact) mass is 352 g/mol. The van der Waals surface area contributed by atoms with E-state index in [1.165, 1.54) is 17.5 Å². The molecule has 0 spiro atoms. The third kappa shape index (κ3) is 3.96. The molecule has 0 aliphatic rings. The maximum Gasteiger partial charge on any atom is 0.157 e. The fraction of sp³-hybridized carbons (Fsp3) is 0.235. The zero-order valence-corrected chi connectivity index (χ0v) is 14.6. The SMILES string of the molecule is CC(C)(O)c1cnnc(N(Cc2ccc(C#N)s2)c2cnccn2)c1. The second kappa shape index (κ2) is 6.93. The van der Waals surface area contributed by atoms with Gasteiger partial charge in [-0.3, -0.25) is 4.98 Å². The summed E-state index contributed by atoms with van der Waals surface area (Å²) in [5.41, 5.74) is -0.384. The number of nitriles is 1. The van der Waals surface area contributed by atoms with E-state index in [1.807, 2.05) is 11.0 Å². The molecule has 7 nitrogen and oxygen atoms in total. The lowest BCUT2D eigenvalue weighted by atomic mass is 10.0. The molecule has 0 fully saturated rings. The molecule has 3 aromatic rings. The van der Waals surface area contributed by atoms with Crippen LogP contribution in [-0.2, 0) is 12.1 Å². The summed E-state index contributed by atoms with van der Waals surface area (Å²) in [5, 5.41) is 27.5. The van der Waals surface area contributed by atoms with Gasteiger partial charge in [-0.05, 0) is 32.0 Å². The second-order valence-electron chi connectivity index (χ2n) is 5.89. The summed E-state index contributed by atoms with van der Waals surface area (Å²) in [6.45, 7) is 3.85. The van der Waals surface area contributed by atoms with Crippen LogP contribution in [0.4, 0.5) is 11.6 Å². The molecule has 1 N–H and O–H groups in total. The van der Waals surface area contributed by atoms with Crippen molar-refractivity contribution in [2.24, 2.45) is 0 Å². The Labute approximate surface area is 149 Å². The molecular formula is C17H16N6OS. The van der Waals surface area contributed by atoms with Crippen molar-refractivity contribution >= 4 is 23.0 Å². The van der Waals surface area contributed by atoms with Crippen molar-refractivity contribution in [3.8, 4) is 6.07 Å². The van der Waals surface area contributed by atoms with Crippen LogP contribution in [0, 0.1) is 11.3 Å². The number of rotatable bonds is 5. The molecule has 0 saturated carbocycles. The fourth-order valence-electron chi connectivity index (χ4n) is 2.21. The fourth-order valence-corrected chi connectivity index (χ4v) is 3.00. The van der Waals surface area contributed by atoms with Gasteiger partial charge in [-0.25, -0.2) is 4.98 Å². The minimum atomic E-state index is -1.03. The largest absolute Gasteiger partial charge is 0.386 e. The highest BCUT2D eigenvalue weighted by Crippen LogP contribution is 2.28. The maximum atomic E-state index is 10.2. The zero-order chi connectivity index (χ0) is 17.9. The number of aromatic nitrogens is 4. The number of hydrogen-bond acceptors (Lipinski definition) is 8. The average molecular weight is 352 g/mol. The Morgan fingerprint density at radius 2 is 2.08 bits per heavy atom. The lowest BCUT2D eigenvalue weighted by Gasteiger charge is -2.23. The van der Waals surface area contributed by atoms with Crippen LogP contribution >= 0.6 is 11.3 Å². The summed E-state index contributed by atoms with van der Waals surface area (Å²) in [6.07, 6.45) is 6.37. The van der Waals surface area contributed by atoms with Gasteiger partial charge in [0.1, 0.15) is 10.9 Å². The third-order valence-corrected chi connectivity index (χ3v) is 4.51. The van der Waals surface area contributed by atoms with Crippen molar-refractivity contribution in [2.45, 2.75) is 26.0 Å². The third-order valence-electron chi connectivity index (χ3n) is 3.54. The van der Waals surface area contributed by atoms with E-state index in [-0.39, 0.29) is 0 Å². The van der Waals surface area contributed by atoms with E-state index in [4.69, 9.17) is 5.26 Å². The van der Waals surface area contributed by atoms with Crippen molar-refractivity contribution in [2.75, 3.05) is 4.90 Å². The van der Waals surface area contributed by atoms with Crippen molar-refractivity contribution in [3.63, 3.8) is 0 Å². The van der Waals surface area contributed by atoms with E-state index < -0.39 is 5.60 Å². The summed E-state index contributed by atoms with van der Waals surface area (Å²) in [7, 11) is 0. The molecule has 0 radical (unpaired) electrons. The first kappa shape index (κ1) is 17.0. The summed E-state index contributed by atoms with van der Waals surface area (Å²) in [4.78, 5) is 11.9. The van der Waals surface area contributed by atoms with Gasteiger partial charge >= 0.3 is 0 Å². The summed E-state index contributed by atoms with van der Waals surface area (Å²) in [6, 6.07) is 7.61. The Kier molecular flexibility index (Phi) is 4.70. The van der Waals surface area contributed by atoms with Gasteiger partial charge in [-0.15, -0.1) is 16.4 Å². The Morgan fingerprint density at radius 1 is 1.24 bits per heavy atom. The van der Waals surface area contributed by atoms with Crippen LogP contribution in [0.1, 0.15) is 29.2 Å². The molecule has 0 aromatic carbocycles. The molecule has 0 saturated heterocycles. The second-order valence-corrected chi connectivity index (χ2v) is 7.06. The first-order valence-corrected chi connectivity index (χ1v) is 8.37. The number of hydrogen-bond donors (Lipinski definition) is 1. The quantitative estimate of drug-likeness (QED) is 0.753. The van der Waals surface area contributed by atoms with Crippen LogP contribution in [-0.4, -0.2) is 25.3 Å². The molecule has 126 valence electrons. The van der Waals surface area contributed by atoms with Gasteiger partial charge < -0.3 is 10.0 Å². The Bertz CT molecular complexity index is 897. The Morgan fingerprint density at radius 3 is 2.72 bits per heavy atom. The molecule has 3 heterocycles. The minimum Gasteiger partial charge on any atom is -0.386 e. The standard InChI is InChI=1S/C17H16N6OS/c1-17(2,24)12-7-15(22-21-9-12)23(16-10-19-5-6-20-16)11-14-4-3-13(8-18)25-14/h3-7,9-10,24H,11H2,1-2H3. The van der Waals surface area contributed by atoms with Crippen molar-refractivity contribution in [1.82, 2.24) is 20.2 Å². The Balaban J connectivity index is 2.01. The van der Waals surface area contributed by atoms with Crippen molar-refractivity contribution in [3.05, 3.63) is 58.3 Å². The molecule has 0 bridgehead atoms. The molecular weight excluding hydrogens is 336 g/mol. The van der Waals surface area contributed by atoms with Crippen LogP contribution in [0.3, 0.4) is 0 Å². The zero-order valence-electron chi connectivity index (χ0n) is 13.8. The van der Waals surface area contributed by atoms with Gasteiger partial charge in [0.25, 0.3) is 0 Å². The molecule has 3 aromatic heterocycles. The predicted octanol–water partition coefficient (Wildman–Crippen LogP) is 2.77. The molecule has 0 aliphatic heterocycles. The predicted molar refractivity (Wildman–Crippen MR) is 94.2 cm³/mol. The first-order chi connectivity index (χ1) is 12.0. The molecule has 0 amide bonds. The highest BCUT2D eigenvalue weighted by molar-refractivity contribution is 7.12. The normalized spacial score (nSPS) is 11.1. The summed E-state index contributed by atoms with van der Waals surface area (Å²) >= 11 is 1.41. The minimum absolute atomic E-state index is 0.467. The van der Waals surface area contributed by atoms with Gasteiger partial charge in [-0.2, -0.15) is 10.4 Å². The molecule has 0 atom stereocenters. The number of nitrogens with zero attached hydrogens (tertiary/aromatic N) is 6. The van der Waals surface area contributed by atoms with Gasteiger partial charge in [0.15, 0.2) is 11.6 Å². The molecule has 3 rings (SSSR count). The highest BCUT2D eigenvalue weighted by atomic mass is 32.1. The van der Waals surface area contributed by atoms with Gasteiger partial charge in [0.2, 0.25) is 0 Å². The number of aliphatic hydroxyl groups is 1. The lowest BCUT2D eigenvalue weighted by Crippen LogP contribution is -2.21. The number of anilines is 2. The van der Waals surface area contributed by atoms with Crippen LogP contribution < -0.4 is 4.90 Å². The van der Waals surface area contributed by atoms with Crippen molar-refractivity contribution < 1.29 is 5.11 Å². The number of thiophene rings is 1. The smallest absolute Gasteiger partial charge is 0.157 e. The van der Waals surface area contributed by atoms with E-state index >= 15 is 0 Å². The van der Waals surface area contributed by atoms with Crippen molar-refractivity contribution in [1.29, 1.82) is 5.26 Å². The van der Waals surface area contributed by atoms with Gasteiger partial charge in [0.05, 0.1) is 24.5 Å². The molecule has 0 aliphatic carbocycles. The van der Waals surface area contributed by atoms with E-state index in [0.717, 1.165) is 4.88 Å². The first-order valence-electron chi connectivity index (χ1n) is 7.55. The van der Waals surface area contributed by atoms with Gasteiger partial charge in [0, 0.05) is 22.8 Å². The van der Waals surface area contributed by atoms with Crippen LogP contribution in [0.25, 0.3) is 0 Å².